The fraction of sp³-hybridized carbons (Fsp3) is 0.571. The maximum atomic E-state index is 12.4. The lowest BCUT2D eigenvalue weighted by molar-refractivity contribution is -0.473. The van der Waals surface area contributed by atoms with Gasteiger partial charge in [-0.2, -0.15) is 0 Å². The molecule has 0 amide bonds. The molecule has 148 valence electrons. The molecule has 4 atom stereocenters. The van der Waals surface area contributed by atoms with Crippen molar-refractivity contribution >= 4 is 6.21 Å². The molecule has 6 heteroatoms. The van der Waals surface area contributed by atoms with Gasteiger partial charge >= 0.3 is 0 Å². The van der Waals surface area contributed by atoms with Gasteiger partial charge in [0.05, 0.1) is 6.61 Å². The molecule has 0 radical (unpaired) electrons. The van der Waals surface area contributed by atoms with Gasteiger partial charge in [-0.15, -0.1) is 0 Å². The summed E-state index contributed by atoms with van der Waals surface area (Å²) in [4.78, 5) is 0. The average Bonchev–Trinajstić information content (AvgIpc) is 3.07. The van der Waals surface area contributed by atoms with Crippen LogP contribution in [0.1, 0.15) is 39.2 Å². The molecule has 0 bridgehead atoms. The molecule has 2 aliphatic heterocycles. The first-order chi connectivity index (χ1) is 13.0. The number of benzene rings is 1. The normalized spacial score (nSPS) is 30.1. The Hall–Kier alpha value is -1.73. The Morgan fingerprint density at radius 1 is 1.19 bits per heavy atom. The van der Waals surface area contributed by atoms with E-state index in [4.69, 9.17) is 18.9 Å². The summed E-state index contributed by atoms with van der Waals surface area (Å²) in [7, 11) is 0. The minimum atomic E-state index is -0.721. The van der Waals surface area contributed by atoms with E-state index in [9.17, 15) is 5.21 Å². The number of fused-ring (bicyclic) bond motifs is 1. The number of hydroxylamine groups is 1. The molecule has 2 aliphatic rings. The van der Waals surface area contributed by atoms with Crippen molar-refractivity contribution in [3.8, 4) is 0 Å². The Morgan fingerprint density at radius 2 is 1.96 bits per heavy atom. The summed E-state index contributed by atoms with van der Waals surface area (Å²) in [6, 6.07) is 9.60. The molecule has 2 saturated heterocycles. The molecule has 0 saturated carbocycles. The first-order valence-electron chi connectivity index (χ1n) is 9.59. The van der Waals surface area contributed by atoms with E-state index >= 15 is 0 Å². The summed E-state index contributed by atoms with van der Waals surface area (Å²) in [5.41, 5.74) is 0.940. The smallest absolute Gasteiger partial charge is 0.190 e. The summed E-state index contributed by atoms with van der Waals surface area (Å²) in [5.74, 6) is -0.721. The van der Waals surface area contributed by atoms with Crippen LogP contribution in [-0.4, -0.2) is 47.9 Å². The number of ether oxygens (including phenoxy) is 4. The van der Waals surface area contributed by atoms with E-state index in [1.807, 2.05) is 50.3 Å². The van der Waals surface area contributed by atoms with Crippen molar-refractivity contribution in [1.29, 1.82) is 0 Å². The third kappa shape index (κ3) is 5.39. The molecule has 3 rings (SSSR count). The molecule has 0 unspecified atom stereocenters. The van der Waals surface area contributed by atoms with Crippen LogP contribution in [0, 0.1) is 5.21 Å². The predicted octanol–water partition coefficient (Wildman–Crippen LogP) is 3.39. The zero-order valence-corrected chi connectivity index (χ0v) is 16.2. The van der Waals surface area contributed by atoms with E-state index in [0.29, 0.717) is 6.61 Å². The van der Waals surface area contributed by atoms with E-state index < -0.39 is 24.3 Å². The quantitative estimate of drug-likeness (QED) is 0.229. The van der Waals surface area contributed by atoms with Crippen LogP contribution in [0.3, 0.4) is 0 Å². The second-order valence-corrected chi connectivity index (χ2v) is 7.34. The SMILES string of the molecule is CCC/C=C/CO[C@@H]1[C@H]2OC(C)(C)O[C@H]2O[C@@H]1/C=[N+](\[O-])Cc1ccccc1. The van der Waals surface area contributed by atoms with Gasteiger partial charge in [0.2, 0.25) is 0 Å². The highest BCUT2D eigenvalue weighted by Crippen LogP contribution is 2.38. The Bertz CT molecular complexity index is 658. The predicted molar refractivity (Wildman–Crippen MR) is 102 cm³/mol. The third-order valence-corrected chi connectivity index (χ3v) is 4.53. The first-order valence-corrected chi connectivity index (χ1v) is 9.59. The number of nitrogens with zero attached hydrogens (tertiary/aromatic N) is 1. The lowest BCUT2D eigenvalue weighted by Crippen LogP contribution is -2.38. The highest BCUT2D eigenvalue weighted by atomic mass is 16.8. The molecule has 2 heterocycles. The average molecular weight is 375 g/mol. The van der Waals surface area contributed by atoms with Gasteiger partial charge in [-0.1, -0.05) is 55.8 Å². The zero-order valence-electron chi connectivity index (χ0n) is 16.2. The van der Waals surface area contributed by atoms with Crippen molar-refractivity contribution < 1.29 is 23.7 Å². The summed E-state index contributed by atoms with van der Waals surface area (Å²) >= 11 is 0. The number of rotatable bonds is 8. The van der Waals surface area contributed by atoms with Crippen molar-refractivity contribution in [3.05, 3.63) is 53.3 Å². The van der Waals surface area contributed by atoms with E-state index in [-0.39, 0.29) is 12.6 Å². The van der Waals surface area contributed by atoms with Crippen molar-refractivity contribution in [2.24, 2.45) is 0 Å². The summed E-state index contributed by atoms with van der Waals surface area (Å²) in [6.45, 7) is 6.53. The summed E-state index contributed by atoms with van der Waals surface area (Å²) < 4.78 is 24.6. The molecule has 0 aromatic heterocycles. The van der Waals surface area contributed by atoms with Gasteiger partial charge in [0.25, 0.3) is 0 Å². The molecule has 0 aliphatic carbocycles. The van der Waals surface area contributed by atoms with Crippen LogP contribution >= 0.6 is 0 Å². The molecule has 0 N–H and O–H groups in total. The van der Waals surface area contributed by atoms with Crippen LogP contribution < -0.4 is 0 Å². The molecular formula is C21H29NO5. The van der Waals surface area contributed by atoms with Crippen molar-refractivity contribution in [2.75, 3.05) is 6.61 Å². The minimum Gasteiger partial charge on any atom is -0.624 e. The Labute approximate surface area is 161 Å². The monoisotopic (exact) mass is 375 g/mol. The highest BCUT2D eigenvalue weighted by molar-refractivity contribution is 5.60. The fourth-order valence-corrected chi connectivity index (χ4v) is 3.31. The molecule has 2 fully saturated rings. The van der Waals surface area contributed by atoms with Gasteiger partial charge in [0.1, 0.15) is 12.2 Å². The summed E-state index contributed by atoms with van der Waals surface area (Å²) in [5, 5.41) is 12.4. The van der Waals surface area contributed by atoms with Crippen LogP contribution in [0.2, 0.25) is 0 Å². The van der Waals surface area contributed by atoms with Gasteiger partial charge < -0.3 is 24.2 Å². The van der Waals surface area contributed by atoms with Crippen LogP contribution in [0.4, 0.5) is 0 Å². The largest absolute Gasteiger partial charge is 0.624 e. The van der Waals surface area contributed by atoms with Crippen molar-refractivity contribution in [3.63, 3.8) is 0 Å². The van der Waals surface area contributed by atoms with E-state index in [2.05, 4.69) is 13.0 Å². The second kappa shape index (κ2) is 8.97. The van der Waals surface area contributed by atoms with E-state index in [1.165, 1.54) is 6.21 Å². The fourth-order valence-electron chi connectivity index (χ4n) is 3.31. The Kier molecular flexibility index (Phi) is 6.65. The van der Waals surface area contributed by atoms with Crippen LogP contribution in [0.25, 0.3) is 0 Å². The zero-order chi connectivity index (χ0) is 19.3. The Morgan fingerprint density at radius 3 is 2.70 bits per heavy atom. The van der Waals surface area contributed by atoms with Gasteiger partial charge in [-0.25, -0.2) is 4.74 Å². The highest BCUT2D eigenvalue weighted by Gasteiger charge is 2.55. The van der Waals surface area contributed by atoms with Crippen molar-refractivity contribution in [1.82, 2.24) is 0 Å². The van der Waals surface area contributed by atoms with Crippen LogP contribution in [0.15, 0.2) is 42.5 Å². The first kappa shape index (κ1) is 20.0. The second-order valence-electron chi connectivity index (χ2n) is 7.34. The number of allylic oxidation sites excluding steroid dienone is 1. The number of hydrogen-bond donors (Lipinski definition) is 0. The van der Waals surface area contributed by atoms with E-state index in [0.717, 1.165) is 23.1 Å². The number of hydrogen-bond acceptors (Lipinski definition) is 5. The standard InChI is InChI=1S/C21H29NO5/c1-4-5-6-10-13-24-18-17(25-20-19(18)26-21(2,3)27-20)15-22(23)14-16-11-8-7-9-12-16/h6-12,15,17-20H,4-5,13-14H2,1-3H3/b10-6+,22-15-/t17-,18+,19-,20-/m1/s1. The third-order valence-electron chi connectivity index (χ3n) is 4.53. The lowest BCUT2D eigenvalue weighted by Gasteiger charge is -2.23. The molecular weight excluding hydrogens is 346 g/mol. The lowest BCUT2D eigenvalue weighted by atomic mass is 10.1. The topological polar surface area (TPSA) is 63.0 Å². The molecule has 1 aromatic carbocycles. The van der Waals surface area contributed by atoms with Crippen LogP contribution in [-0.2, 0) is 25.5 Å². The molecule has 6 nitrogen and oxygen atoms in total. The molecule has 1 aromatic rings. The maximum absolute atomic E-state index is 12.4. The van der Waals surface area contributed by atoms with Gasteiger partial charge in [-0.3, -0.25) is 0 Å². The van der Waals surface area contributed by atoms with Gasteiger partial charge in [-0.05, 0) is 20.3 Å². The number of unbranched alkanes of at least 4 members (excludes halogenated alkanes) is 1. The Balaban J connectivity index is 1.67. The maximum Gasteiger partial charge on any atom is 0.190 e. The van der Waals surface area contributed by atoms with Crippen LogP contribution in [0.5, 0.6) is 0 Å². The molecule has 27 heavy (non-hydrogen) atoms. The summed E-state index contributed by atoms with van der Waals surface area (Å²) in [6.07, 6.45) is 5.93. The minimum absolute atomic E-state index is 0.256. The molecule has 0 spiro atoms. The van der Waals surface area contributed by atoms with Crippen molar-refractivity contribution in [2.45, 2.75) is 70.5 Å². The van der Waals surface area contributed by atoms with E-state index in [1.54, 1.807) is 0 Å². The van der Waals surface area contributed by atoms with Gasteiger partial charge in [0.15, 0.2) is 30.9 Å². The van der Waals surface area contributed by atoms with Gasteiger partial charge in [0, 0.05) is 5.56 Å².